The third kappa shape index (κ3) is 2.67. The van der Waals surface area contributed by atoms with E-state index < -0.39 is 0 Å². The highest BCUT2D eigenvalue weighted by Gasteiger charge is 2.19. The van der Waals surface area contributed by atoms with Crippen LogP contribution in [0.25, 0.3) is 22.6 Å². The molecule has 25 heavy (non-hydrogen) atoms. The minimum absolute atomic E-state index is 0.0989. The number of hydrogen-bond acceptors (Lipinski definition) is 4. The molecule has 6 heteroatoms. The van der Waals surface area contributed by atoms with E-state index in [1.165, 1.54) is 6.07 Å². The van der Waals surface area contributed by atoms with Crippen molar-refractivity contribution in [3.8, 4) is 11.6 Å². The molecular formula is C19H15N3O3. The highest BCUT2D eigenvalue weighted by Crippen LogP contribution is 2.29. The van der Waals surface area contributed by atoms with Gasteiger partial charge in [-0.15, -0.1) is 0 Å². The lowest BCUT2D eigenvalue weighted by Gasteiger charge is -2.08. The molecule has 0 radical (unpaired) electrons. The number of hydrogen-bond donors (Lipinski definition) is 0. The van der Waals surface area contributed by atoms with E-state index in [0.717, 1.165) is 16.8 Å². The van der Waals surface area contributed by atoms with Gasteiger partial charge in [0.25, 0.3) is 5.69 Å². The summed E-state index contributed by atoms with van der Waals surface area (Å²) in [6.45, 7) is 2.21. The Morgan fingerprint density at radius 3 is 2.60 bits per heavy atom. The molecule has 0 aliphatic carbocycles. The molecule has 6 nitrogen and oxygen atoms in total. The topological polar surface area (TPSA) is 74.1 Å². The first-order chi connectivity index (χ1) is 12.1. The number of imidazole rings is 1. The van der Waals surface area contributed by atoms with Crippen LogP contribution in [0.4, 0.5) is 5.69 Å². The number of para-hydroxylation sites is 3. The zero-order valence-electron chi connectivity index (χ0n) is 13.5. The van der Waals surface area contributed by atoms with Crippen molar-refractivity contribution >= 4 is 16.7 Å². The van der Waals surface area contributed by atoms with Gasteiger partial charge in [0.1, 0.15) is 5.76 Å². The van der Waals surface area contributed by atoms with Crippen LogP contribution in [0.5, 0.6) is 0 Å². The van der Waals surface area contributed by atoms with Crippen LogP contribution in [-0.4, -0.2) is 14.5 Å². The monoisotopic (exact) mass is 333 g/mol. The summed E-state index contributed by atoms with van der Waals surface area (Å²) in [5.41, 5.74) is 2.46. The lowest BCUT2D eigenvalue weighted by molar-refractivity contribution is -0.385. The van der Waals surface area contributed by atoms with Gasteiger partial charge in [0.05, 0.1) is 22.5 Å². The SMILES string of the molecule is Cc1ccc(-c2nc3ccccc3n2Cc2ccccc2[N+](=O)[O-])o1. The zero-order valence-corrected chi connectivity index (χ0v) is 13.5. The first kappa shape index (κ1) is 15.1. The number of nitrogens with zero attached hydrogens (tertiary/aromatic N) is 3. The van der Waals surface area contributed by atoms with E-state index in [4.69, 9.17) is 4.42 Å². The number of fused-ring (bicyclic) bond motifs is 1. The van der Waals surface area contributed by atoms with Crippen molar-refractivity contribution in [1.82, 2.24) is 9.55 Å². The van der Waals surface area contributed by atoms with E-state index in [9.17, 15) is 10.1 Å². The van der Waals surface area contributed by atoms with Gasteiger partial charge in [-0.25, -0.2) is 4.98 Å². The second kappa shape index (κ2) is 5.90. The lowest BCUT2D eigenvalue weighted by Crippen LogP contribution is -2.04. The number of rotatable bonds is 4. The second-order valence-electron chi connectivity index (χ2n) is 5.81. The first-order valence-corrected chi connectivity index (χ1v) is 7.88. The van der Waals surface area contributed by atoms with Gasteiger partial charge in [-0.3, -0.25) is 10.1 Å². The molecule has 0 fully saturated rings. The summed E-state index contributed by atoms with van der Waals surface area (Å²) in [4.78, 5) is 15.6. The number of aromatic nitrogens is 2. The highest BCUT2D eigenvalue weighted by atomic mass is 16.6. The lowest BCUT2D eigenvalue weighted by atomic mass is 10.1. The van der Waals surface area contributed by atoms with Crippen molar-refractivity contribution in [2.24, 2.45) is 0 Å². The van der Waals surface area contributed by atoms with Crippen molar-refractivity contribution in [1.29, 1.82) is 0 Å². The van der Waals surface area contributed by atoms with Gasteiger partial charge in [-0.05, 0) is 31.2 Å². The third-order valence-electron chi connectivity index (χ3n) is 4.13. The molecule has 0 spiro atoms. The predicted octanol–water partition coefficient (Wildman–Crippen LogP) is 4.56. The molecule has 0 atom stereocenters. The fourth-order valence-electron chi connectivity index (χ4n) is 2.97. The van der Waals surface area contributed by atoms with E-state index in [1.54, 1.807) is 18.2 Å². The van der Waals surface area contributed by atoms with Crippen LogP contribution in [0.2, 0.25) is 0 Å². The standard InChI is InChI=1S/C19H15N3O3/c1-13-10-11-18(25-13)19-20-15-7-3-5-9-17(15)21(19)12-14-6-2-4-8-16(14)22(23)24/h2-11H,12H2,1H3. The average molecular weight is 333 g/mol. The van der Waals surface area contributed by atoms with Crippen LogP contribution >= 0.6 is 0 Å². The summed E-state index contributed by atoms with van der Waals surface area (Å²) in [5.74, 6) is 2.10. The van der Waals surface area contributed by atoms with Crippen LogP contribution < -0.4 is 0 Å². The Bertz CT molecular complexity index is 1080. The van der Waals surface area contributed by atoms with E-state index in [-0.39, 0.29) is 10.6 Å². The van der Waals surface area contributed by atoms with Crippen molar-refractivity contribution < 1.29 is 9.34 Å². The van der Waals surface area contributed by atoms with Gasteiger partial charge in [0.2, 0.25) is 0 Å². The Kier molecular flexibility index (Phi) is 3.57. The second-order valence-corrected chi connectivity index (χ2v) is 5.81. The van der Waals surface area contributed by atoms with Crippen molar-refractivity contribution in [3.05, 3.63) is 82.1 Å². The summed E-state index contributed by atoms with van der Waals surface area (Å²) in [5, 5.41) is 11.3. The number of benzene rings is 2. The van der Waals surface area contributed by atoms with E-state index in [0.29, 0.717) is 23.7 Å². The summed E-state index contributed by atoms with van der Waals surface area (Å²) >= 11 is 0. The molecule has 0 aliphatic rings. The molecule has 0 saturated carbocycles. The largest absolute Gasteiger partial charge is 0.458 e. The Labute approximate surface area is 143 Å². The van der Waals surface area contributed by atoms with E-state index in [2.05, 4.69) is 4.98 Å². The highest BCUT2D eigenvalue weighted by molar-refractivity contribution is 5.80. The molecule has 0 aliphatic heterocycles. The van der Waals surface area contributed by atoms with Gasteiger partial charge in [0, 0.05) is 11.6 Å². The van der Waals surface area contributed by atoms with Gasteiger partial charge in [-0.1, -0.05) is 30.3 Å². The minimum Gasteiger partial charge on any atom is -0.458 e. The van der Waals surface area contributed by atoms with E-state index >= 15 is 0 Å². The van der Waals surface area contributed by atoms with Crippen LogP contribution in [0, 0.1) is 17.0 Å². The predicted molar refractivity (Wildman–Crippen MR) is 94.4 cm³/mol. The molecule has 0 unspecified atom stereocenters. The van der Waals surface area contributed by atoms with Crippen LogP contribution in [0.3, 0.4) is 0 Å². The quantitative estimate of drug-likeness (QED) is 0.405. The number of aryl methyl sites for hydroxylation is 1. The molecule has 0 amide bonds. The maximum absolute atomic E-state index is 11.3. The van der Waals surface area contributed by atoms with E-state index in [1.807, 2.05) is 47.9 Å². The van der Waals surface area contributed by atoms with Crippen molar-refractivity contribution in [2.75, 3.05) is 0 Å². The summed E-state index contributed by atoms with van der Waals surface area (Å²) in [6.07, 6.45) is 0. The Morgan fingerprint density at radius 1 is 1.08 bits per heavy atom. The molecule has 0 N–H and O–H groups in total. The Balaban J connectivity index is 1.90. The first-order valence-electron chi connectivity index (χ1n) is 7.88. The molecule has 2 aromatic carbocycles. The van der Waals surface area contributed by atoms with Crippen LogP contribution in [-0.2, 0) is 6.54 Å². The van der Waals surface area contributed by atoms with Crippen molar-refractivity contribution in [2.45, 2.75) is 13.5 Å². The Hall–Kier alpha value is -3.41. The average Bonchev–Trinajstić information content (AvgIpc) is 3.19. The fourth-order valence-corrected chi connectivity index (χ4v) is 2.97. The fraction of sp³-hybridized carbons (Fsp3) is 0.105. The molecule has 0 saturated heterocycles. The molecule has 0 bridgehead atoms. The zero-order chi connectivity index (χ0) is 17.4. The number of nitro benzene ring substituents is 1. The summed E-state index contributed by atoms with van der Waals surface area (Å²) in [6, 6.07) is 18.2. The minimum atomic E-state index is -0.356. The van der Waals surface area contributed by atoms with Gasteiger partial charge < -0.3 is 8.98 Å². The Morgan fingerprint density at radius 2 is 1.84 bits per heavy atom. The smallest absolute Gasteiger partial charge is 0.274 e. The summed E-state index contributed by atoms with van der Waals surface area (Å²) < 4.78 is 7.69. The maximum atomic E-state index is 11.3. The molecule has 4 rings (SSSR count). The number of nitro groups is 1. The van der Waals surface area contributed by atoms with Crippen LogP contribution in [0.15, 0.2) is 65.1 Å². The van der Waals surface area contributed by atoms with Crippen molar-refractivity contribution in [3.63, 3.8) is 0 Å². The molecule has 124 valence electrons. The van der Waals surface area contributed by atoms with Gasteiger partial charge >= 0.3 is 0 Å². The molecule has 4 aromatic rings. The maximum Gasteiger partial charge on any atom is 0.274 e. The third-order valence-corrected chi connectivity index (χ3v) is 4.13. The normalized spacial score (nSPS) is 11.1. The van der Waals surface area contributed by atoms with Crippen LogP contribution in [0.1, 0.15) is 11.3 Å². The molecule has 2 aromatic heterocycles. The molecule has 2 heterocycles. The van der Waals surface area contributed by atoms with Gasteiger partial charge in [0.15, 0.2) is 11.6 Å². The summed E-state index contributed by atoms with van der Waals surface area (Å²) in [7, 11) is 0. The van der Waals surface area contributed by atoms with Gasteiger partial charge in [-0.2, -0.15) is 0 Å². The molecular weight excluding hydrogens is 318 g/mol. The number of furan rings is 1.